The highest BCUT2D eigenvalue weighted by Crippen LogP contribution is 2.11. The lowest BCUT2D eigenvalue weighted by Gasteiger charge is -2.02. The number of terminal acetylenes is 1. The molecule has 0 fully saturated rings. The molecule has 0 N–H and O–H groups in total. The van der Waals surface area contributed by atoms with E-state index in [1.807, 2.05) is 12.2 Å². The molecule has 19 heavy (non-hydrogen) atoms. The summed E-state index contributed by atoms with van der Waals surface area (Å²) in [5.41, 5.74) is 5.02. The van der Waals surface area contributed by atoms with Crippen LogP contribution in [0.15, 0.2) is 66.8 Å². The molecule has 0 aliphatic rings. The van der Waals surface area contributed by atoms with Crippen molar-refractivity contribution < 1.29 is 0 Å². The molecule has 1 aromatic carbocycles. The number of hydrogen-bond donors (Lipinski definition) is 0. The number of benzene rings is 1. The van der Waals surface area contributed by atoms with Gasteiger partial charge in [0.05, 0.1) is 0 Å². The molecule has 0 bridgehead atoms. The van der Waals surface area contributed by atoms with Crippen LogP contribution in [0.4, 0.5) is 0 Å². The maximum absolute atomic E-state index is 4.00. The number of hydrogen-bond acceptors (Lipinski definition) is 0. The zero-order valence-electron chi connectivity index (χ0n) is 11.9. The van der Waals surface area contributed by atoms with Crippen molar-refractivity contribution in [1.82, 2.24) is 0 Å². The van der Waals surface area contributed by atoms with Gasteiger partial charge < -0.3 is 0 Å². The summed E-state index contributed by atoms with van der Waals surface area (Å²) in [6.45, 7) is 11.7. The first-order valence-corrected chi connectivity index (χ1v) is 6.17. The molecule has 0 aliphatic carbocycles. The Morgan fingerprint density at radius 3 is 2.11 bits per heavy atom. The van der Waals surface area contributed by atoms with E-state index in [-0.39, 0.29) is 0 Å². The average molecular weight is 250 g/mol. The van der Waals surface area contributed by atoms with Crippen molar-refractivity contribution in [1.29, 1.82) is 0 Å². The first kappa shape index (κ1) is 16.7. The Bertz CT molecular complexity index is 479. The third-order valence-corrected chi connectivity index (χ3v) is 2.65. The lowest BCUT2D eigenvalue weighted by atomic mass is 10.0. The van der Waals surface area contributed by atoms with E-state index in [4.69, 9.17) is 0 Å². The normalized spacial score (nSPS) is 11.2. The van der Waals surface area contributed by atoms with Gasteiger partial charge in [0.15, 0.2) is 0 Å². The zero-order chi connectivity index (χ0) is 14.7. The Morgan fingerprint density at radius 2 is 1.63 bits per heavy atom. The second-order valence-electron chi connectivity index (χ2n) is 4.25. The summed E-state index contributed by atoms with van der Waals surface area (Å²) < 4.78 is 0. The van der Waals surface area contributed by atoms with Gasteiger partial charge in [0.2, 0.25) is 0 Å². The Labute approximate surface area is 117 Å². The van der Waals surface area contributed by atoms with Gasteiger partial charge in [-0.2, -0.15) is 0 Å². The molecule has 0 amide bonds. The SMILES string of the molecule is C#C.C=C/C(C)=C/C=C(\C)Cc1ccc(C=C)cc1. The second-order valence-corrected chi connectivity index (χ2v) is 4.25. The van der Waals surface area contributed by atoms with E-state index in [1.54, 1.807) is 0 Å². The van der Waals surface area contributed by atoms with Gasteiger partial charge in [-0.05, 0) is 31.4 Å². The minimum absolute atomic E-state index is 0.984. The predicted octanol–water partition coefficient (Wildman–Crippen LogP) is 5.20. The highest BCUT2D eigenvalue weighted by Gasteiger charge is 1.94. The minimum Gasteiger partial charge on any atom is -0.124 e. The molecule has 1 aromatic rings. The molecular weight excluding hydrogens is 228 g/mol. The highest BCUT2D eigenvalue weighted by atomic mass is 14.0. The van der Waals surface area contributed by atoms with Crippen LogP contribution in [0.5, 0.6) is 0 Å². The Hall–Kier alpha value is -2.26. The topological polar surface area (TPSA) is 0 Å². The fourth-order valence-corrected chi connectivity index (χ4v) is 1.49. The van der Waals surface area contributed by atoms with E-state index < -0.39 is 0 Å². The summed E-state index contributed by atoms with van der Waals surface area (Å²) in [7, 11) is 0. The van der Waals surface area contributed by atoms with Crippen LogP contribution in [0, 0.1) is 12.8 Å². The predicted molar refractivity (Wildman–Crippen MR) is 87.8 cm³/mol. The molecular formula is C19H22. The van der Waals surface area contributed by atoms with Crippen molar-refractivity contribution in [2.75, 3.05) is 0 Å². The molecule has 0 saturated heterocycles. The van der Waals surface area contributed by atoms with E-state index in [9.17, 15) is 0 Å². The largest absolute Gasteiger partial charge is 0.124 e. The fraction of sp³-hybridized carbons (Fsp3) is 0.158. The standard InChI is InChI=1S/C17H20.C2H2/c1-5-14(3)7-8-15(4)13-17-11-9-16(6-2)10-12-17;1-2/h5-12H,1-2,13H2,3-4H3;1-2H/b14-7+,15-8+;. The molecule has 0 aliphatic heterocycles. The summed E-state index contributed by atoms with van der Waals surface area (Å²) in [5, 5.41) is 0. The lowest BCUT2D eigenvalue weighted by Crippen LogP contribution is -1.86. The quantitative estimate of drug-likeness (QED) is 0.497. The molecule has 0 heteroatoms. The molecule has 1 rings (SSSR count). The summed E-state index contributed by atoms with van der Waals surface area (Å²) in [6, 6.07) is 8.50. The van der Waals surface area contributed by atoms with Gasteiger partial charge in [-0.25, -0.2) is 0 Å². The van der Waals surface area contributed by atoms with E-state index in [0.29, 0.717) is 0 Å². The Morgan fingerprint density at radius 1 is 1.05 bits per heavy atom. The van der Waals surface area contributed by atoms with Crippen LogP contribution < -0.4 is 0 Å². The van der Waals surface area contributed by atoms with Crippen LogP contribution in [0.1, 0.15) is 25.0 Å². The first-order chi connectivity index (χ1) is 9.15. The van der Waals surface area contributed by atoms with Crippen LogP contribution in [0.3, 0.4) is 0 Å². The van der Waals surface area contributed by atoms with Gasteiger partial charge in [0.25, 0.3) is 0 Å². The third-order valence-electron chi connectivity index (χ3n) is 2.65. The minimum atomic E-state index is 0.984. The van der Waals surface area contributed by atoms with Gasteiger partial charge in [-0.3, -0.25) is 0 Å². The van der Waals surface area contributed by atoms with Crippen LogP contribution in [-0.4, -0.2) is 0 Å². The third kappa shape index (κ3) is 6.91. The van der Waals surface area contributed by atoms with Crippen LogP contribution in [0.25, 0.3) is 6.08 Å². The zero-order valence-corrected chi connectivity index (χ0v) is 11.9. The summed E-state index contributed by atoms with van der Waals surface area (Å²) in [6.07, 6.45) is 17.0. The van der Waals surface area contributed by atoms with Crippen molar-refractivity contribution in [3.8, 4) is 12.8 Å². The number of rotatable bonds is 5. The van der Waals surface area contributed by atoms with Crippen molar-refractivity contribution in [3.05, 3.63) is 77.9 Å². The molecule has 0 atom stereocenters. The van der Waals surface area contributed by atoms with Gasteiger partial charge >= 0.3 is 0 Å². The van der Waals surface area contributed by atoms with Gasteiger partial charge in [0.1, 0.15) is 0 Å². The molecule has 0 radical (unpaired) electrons. The van der Waals surface area contributed by atoms with Crippen molar-refractivity contribution in [2.45, 2.75) is 20.3 Å². The first-order valence-electron chi connectivity index (χ1n) is 6.17. The Kier molecular flexibility index (Phi) is 8.58. The molecule has 0 nitrogen and oxygen atoms in total. The lowest BCUT2D eigenvalue weighted by molar-refractivity contribution is 1.14. The fourth-order valence-electron chi connectivity index (χ4n) is 1.49. The number of allylic oxidation sites excluding steroid dienone is 5. The van der Waals surface area contributed by atoms with Crippen molar-refractivity contribution >= 4 is 6.08 Å². The smallest absolute Gasteiger partial charge is 0.00668 e. The summed E-state index contributed by atoms with van der Waals surface area (Å²) >= 11 is 0. The van der Waals surface area contributed by atoms with E-state index in [1.165, 1.54) is 16.7 Å². The van der Waals surface area contributed by atoms with E-state index >= 15 is 0 Å². The molecule has 0 spiro atoms. The maximum Gasteiger partial charge on any atom is -0.00668 e. The van der Waals surface area contributed by atoms with Crippen LogP contribution in [-0.2, 0) is 6.42 Å². The van der Waals surface area contributed by atoms with E-state index in [0.717, 1.165) is 12.0 Å². The van der Waals surface area contributed by atoms with Crippen LogP contribution >= 0.6 is 0 Å². The molecule has 0 unspecified atom stereocenters. The van der Waals surface area contributed by atoms with Gasteiger partial charge in [-0.15, -0.1) is 12.8 Å². The van der Waals surface area contributed by atoms with Gasteiger partial charge in [-0.1, -0.05) is 72.9 Å². The second kappa shape index (κ2) is 9.74. The maximum atomic E-state index is 4.00. The monoisotopic (exact) mass is 250 g/mol. The summed E-state index contributed by atoms with van der Waals surface area (Å²) in [4.78, 5) is 0. The van der Waals surface area contributed by atoms with Gasteiger partial charge in [0, 0.05) is 0 Å². The molecule has 0 aromatic heterocycles. The Balaban J connectivity index is 0.00000154. The molecule has 0 saturated carbocycles. The average Bonchev–Trinajstić information content (AvgIpc) is 2.47. The summed E-state index contributed by atoms with van der Waals surface area (Å²) in [5.74, 6) is 0. The molecule has 98 valence electrons. The van der Waals surface area contributed by atoms with Crippen LogP contribution in [0.2, 0.25) is 0 Å². The van der Waals surface area contributed by atoms with Crippen molar-refractivity contribution in [2.24, 2.45) is 0 Å². The van der Waals surface area contributed by atoms with E-state index in [2.05, 4.69) is 76.3 Å². The molecule has 0 heterocycles. The van der Waals surface area contributed by atoms with Crippen molar-refractivity contribution in [3.63, 3.8) is 0 Å². The highest BCUT2D eigenvalue weighted by molar-refractivity contribution is 5.47.